The Labute approximate surface area is 111 Å². The van der Waals surface area contributed by atoms with Crippen LogP contribution in [0.25, 0.3) is 0 Å². The maximum absolute atomic E-state index is 11.2. The number of nitrogens with zero attached hydrogens (tertiary/aromatic N) is 1. The number of H-pyrrole nitrogens is 1. The van der Waals surface area contributed by atoms with Crippen molar-refractivity contribution in [3.8, 4) is 0 Å². The van der Waals surface area contributed by atoms with Crippen LogP contribution in [0.5, 0.6) is 0 Å². The molecule has 0 aliphatic carbocycles. The van der Waals surface area contributed by atoms with Gasteiger partial charge in [-0.25, -0.2) is 0 Å². The predicted octanol–water partition coefficient (Wildman–Crippen LogP) is 2.38. The van der Waals surface area contributed by atoms with Crippen molar-refractivity contribution in [2.24, 2.45) is 0 Å². The van der Waals surface area contributed by atoms with Crippen LogP contribution in [-0.2, 0) is 16.8 Å². The van der Waals surface area contributed by atoms with Crippen LogP contribution in [-0.4, -0.2) is 21.3 Å². The molecule has 0 unspecified atom stereocenters. The zero-order chi connectivity index (χ0) is 13.9. The summed E-state index contributed by atoms with van der Waals surface area (Å²) in [7, 11) is 0. The van der Waals surface area contributed by atoms with Crippen molar-refractivity contribution >= 4 is 11.7 Å². The highest BCUT2D eigenvalue weighted by molar-refractivity contribution is 5.80. The van der Waals surface area contributed by atoms with E-state index in [2.05, 4.69) is 15.5 Å². The lowest BCUT2D eigenvalue weighted by Gasteiger charge is -2.20. The van der Waals surface area contributed by atoms with Gasteiger partial charge in [-0.1, -0.05) is 12.1 Å². The second kappa shape index (κ2) is 5.14. The molecule has 0 spiro atoms. The summed E-state index contributed by atoms with van der Waals surface area (Å²) >= 11 is 0. The monoisotopic (exact) mass is 259 g/mol. The molecule has 1 aromatic carbocycles. The van der Waals surface area contributed by atoms with Crippen LogP contribution in [0, 0.1) is 0 Å². The number of hydrogen-bond donors (Lipinski definition) is 3. The van der Waals surface area contributed by atoms with Gasteiger partial charge in [-0.05, 0) is 31.5 Å². The lowest BCUT2D eigenvalue weighted by molar-refractivity contribution is -0.142. The Bertz CT molecular complexity index is 545. The fourth-order valence-corrected chi connectivity index (χ4v) is 1.71. The molecular weight excluding hydrogens is 242 g/mol. The Morgan fingerprint density at radius 1 is 1.37 bits per heavy atom. The van der Waals surface area contributed by atoms with Gasteiger partial charge in [0.05, 0.1) is 11.6 Å². The highest BCUT2D eigenvalue weighted by Crippen LogP contribution is 2.24. The molecule has 0 bridgehead atoms. The molecule has 1 aromatic heterocycles. The van der Waals surface area contributed by atoms with Crippen LogP contribution in [0.4, 0.5) is 5.69 Å². The van der Waals surface area contributed by atoms with E-state index in [1.54, 1.807) is 20.0 Å². The predicted molar refractivity (Wildman–Crippen MR) is 73.0 cm³/mol. The number of hydrogen-bond acceptors (Lipinski definition) is 3. The van der Waals surface area contributed by atoms with E-state index >= 15 is 0 Å². The Morgan fingerprint density at radius 2 is 2.05 bits per heavy atom. The van der Waals surface area contributed by atoms with E-state index in [9.17, 15) is 4.79 Å². The van der Waals surface area contributed by atoms with E-state index in [1.807, 2.05) is 30.5 Å². The average molecular weight is 259 g/mol. The zero-order valence-electron chi connectivity index (χ0n) is 11.0. The number of anilines is 1. The van der Waals surface area contributed by atoms with Gasteiger partial charge in [-0.2, -0.15) is 5.10 Å². The molecule has 5 nitrogen and oxygen atoms in total. The molecule has 0 aliphatic heterocycles. The van der Waals surface area contributed by atoms with E-state index < -0.39 is 11.4 Å². The van der Waals surface area contributed by atoms with Gasteiger partial charge in [0.1, 0.15) is 0 Å². The molecule has 1 heterocycles. The van der Waals surface area contributed by atoms with E-state index in [0.717, 1.165) is 16.8 Å². The molecule has 2 aromatic rings. The third-order valence-electron chi connectivity index (χ3n) is 3.19. The minimum atomic E-state index is -0.872. The molecule has 3 N–H and O–H groups in total. The quantitative estimate of drug-likeness (QED) is 0.770. The SMILES string of the molecule is CC(C)(C(=O)O)c1ccc(NCc2cn[nH]c2)cc1. The normalized spacial score (nSPS) is 11.3. The van der Waals surface area contributed by atoms with Crippen LogP contribution in [0.2, 0.25) is 0 Å². The molecule has 19 heavy (non-hydrogen) atoms. The molecule has 100 valence electrons. The molecule has 0 atom stereocenters. The zero-order valence-corrected chi connectivity index (χ0v) is 11.0. The minimum Gasteiger partial charge on any atom is -0.481 e. The van der Waals surface area contributed by atoms with Crippen molar-refractivity contribution < 1.29 is 9.90 Å². The summed E-state index contributed by atoms with van der Waals surface area (Å²) in [6.07, 6.45) is 3.59. The summed E-state index contributed by atoms with van der Waals surface area (Å²) < 4.78 is 0. The number of aliphatic carboxylic acids is 1. The number of carboxylic acid groups (broad SMARTS) is 1. The Balaban J connectivity index is 2.04. The van der Waals surface area contributed by atoms with Gasteiger partial charge in [0.25, 0.3) is 0 Å². The Morgan fingerprint density at radius 3 is 2.58 bits per heavy atom. The van der Waals surface area contributed by atoms with Gasteiger partial charge in [0, 0.05) is 24.0 Å². The molecule has 0 saturated heterocycles. The third-order valence-corrected chi connectivity index (χ3v) is 3.19. The van der Waals surface area contributed by atoms with E-state index in [0.29, 0.717) is 6.54 Å². The first-order chi connectivity index (χ1) is 9.00. The van der Waals surface area contributed by atoms with Crippen molar-refractivity contribution in [1.82, 2.24) is 10.2 Å². The number of aromatic nitrogens is 2. The molecule has 2 rings (SSSR count). The van der Waals surface area contributed by atoms with Gasteiger partial charge in [-0.15, -0.1) is 0 Å². The molecule has 5 heteroatoms. The number of benzene rings is 1. The van der Waals surface area contributed by atoms with E-state index in [-0.39, 0.29) is 0 Å². The molecule has 0 amide bonds. The largest absolute Gasteiger partial charge is 0.481 e. The smallest absolute Gasteiger partial charge is 0.313 e. The lowest BCUT2D eigenvalue weighted by atomic mass is 9.85. The molecule has 0 saturated carbocycles. The minimum absolute atomic E-state index is 0.679. The second-order valence-electron chi connectivity index (χ2n) is 4.97. The summed E-state index contributed by atoms with van der Waals surface area (Å²) in [5.74, 6) is -0.827. The van der Waals surface area contributed by atoms with Gasteiger partial charge < -0.3 is 10.4 Å². The number of rotatable bonds is 5. The Hall–Kier alpha value is -2.30. The summed E-state index contributed by atoms with van der Waals surface area (Å²) in [6.45, 7) is 4.07. The van der Waals surface area contributed by atoms with Crippen molar-refractivity contribution in [3.63, 3.8) is 0 Å². The molecule has 0 radical (unpaired) electrons. The summed E-state index contributed by atoms with van der Waals surface area (Å²) in [5, 5.41) is 19.0. The maximum atomic E-state index is 11.2. The first-order valence-electron chi connectivity index (χ1n) is 6.05. The van der Waals surface area contributed by atoms with Crippen LogP contribution in [0.15, 0.2) is 36.7 Å². The number of aromatic amines is 1. The highest BCUT2D eigenvalue weighted by atomic mass is 16.4. The standard InChI is InChI=1S/C14H17N3O2/c1-14(2,13(18)19)11-3-5-12(6-4-11)15-7-10-8-16-17-9-10/h3-6,8-9,15H,7H2,1-2H3,(H,16,17)(H,18,19). The topological polar surface area (TPSA) is 78.0 Å². The van der Waals surface area contributed by atoms with Gasteiger partial charge in [0.15, 0.2) is 0 Å². The summed E-state index contributed by atoms with van der Waals surface area (Å²) in [4.78, 5) is 11.2. The van der Waals surface area contributed by atoms with Crippen molar-refractivity contribution in [2.75, 3.05) is 5.32 Å². The van der Waals surface area contributed by atoms with Crippen LogP contribution >= 0.6 is 0 Å². The second-order valence-corrected chi connectivity index (χ2v) is 4.97. The number of nitrogens with one attached hydrogen (secondary N) is 2. The van der Waals surface area contributed by atoms with Crippen molar-refractivity contribution in [2.45, 2.75) is 25.8 Å². The van der Waals surface area contributed by atoms with Crippen molar-refractivity contribution in [3.05, 3.63) is 47.8 Å². The van der Waals surface area contributed by atoms with Gasteiger partial charge in [0.2, 0.25) is 0 Å². The average Bonchev–Trinajstić information content (AvgIpc) is 2.90. The molecule has 0 fully saturated rings. The first-order valence-corrected chi connectivity index (χ1v) is 6.05. The van der Waals surface area contributed by atoms with Crippen LogP contribution < -0.4 is 5.32 Å². The fourth-order valence-electron chi connectivity index (χ4n) is 1.71. The summed E-state index contributed by atoms with van der Waals surface area (Å²) in [6, 6.07) is 7.46. The van der Waals surface area contributed by atoms with E-state index in [4.69, 9.17) is 5.11 Å². The van der Waals surface area contributed by atoms with Gasteiger partial charge in [-0.3, -0.25) is 9.89 Å². The van der Waals surface area contributed by atoms with Gasteiger partial charge >= 0.3 is 5.97 Å². The molecule has 0 aliphatic rings. The molecular formula is C14H17N3O2. The van der Waals surface area contributed by atoms with E-state index in [1.165, 1.54) is 0 Å². The van der Waals surface area contributed by atoms with Crippen LogP contribution in [0.1, 0.15) is 25.0 Å². The fraction of sp³-hybridized carbons (Fsp3) is 0.286. The number of carbonyl (C=O) groups is 1. The van der Waals surface area contributed by atoms with Crippen molar-refractivity contribution in [1.29, 1.82) is 0 Å². The van der Waals surface area contributed by atoms with Crippen LogP contribution in [0.3, 0.4) is 0 Å². The Kier molecular flexibility index (Phi) is 3.55. The lowest BCUT2D eigenvalue weighted by Crippen LogP contribution is -2.28. The highest BCUT2D eigenvalue weighted by Gasteiger charge is 2.28. The third kappa shape index (κ3) is 2.93. The summed E-state index contributed by atoms with van der Waals surface area (Å²) in [5.41, 5.74) is 1.93. The number of carboxylic acids is 1. The first kappa shape index (κ1) is 13.1. The maximum Gasteiger partial charge on any atom is 0.313 e.